The Balaban J connectivity index is 1.46. The van der Waals surface area contributed by atoms with E-state index in [1.54, 1.807) is 52.3 Å². The minimum absolute atomic E-state index is 0.0432. The molecule has 3 rings (SSSR count). The van der Waals surface area contributed by atoms with Gasteiger partial charge in [0.2, 0.25) is 5.91 Å². The molecule has 32 heavy (non-hydrogen) atoms. The summed E-state index contributed by atoms with van der Waals surface area (Å²) in [6.45, 7) is 3.78. The Bertz CT molecular complexity index is 982. The maximum atomic E-state index is 12.7. The van der Waals surface area contributed by atoms with Gasteiger partial charge in [0, 0.05) is 6.54 Å². The van der Waals surface area contributed by atoms with E-state index in [1.165, 1.54) is 4.90 Å². The van der Waals surface area contributed by atoms with Crippen LogP contribution in [0.1, 0.15) is 40.1 Å². The summed E-state index contributed by atoms with van der Waals surface area (Å²) in [5, 5.41) is 2.80. The maximum Gasteiger partial charge on any atom is 0.262 e. The zero-order valence-corrected chi connectivity index (χ0v) is 18.8. The van der Waals surface area contributed by atoms with Gasteiger partial charge in [-0.15, -0.1) is 0 Å². The smallest absolute Gasteiger partial charge is 0.262 e. The number of hydrogen-bond acceptors (Lipinski definition) is 6. The zero-order chi connectivity index (χ0) is 23.3. The van der Waals surface area contributed by atoms with Crippen molar-refractivity contribution in [3.05, 3.63) is 59.2 Å². The minimum atomic E-state index is -0.896. The van der Waals surface area contributed by atoms with Gasteiger partial charge in [0.1, 0.15) is 6.61 Å². The molecule has 0 bridgehead atoms. The topological polar surface area (TPSA) is 94.2 Å². The van der Waals surface area contributed by atoms with E-state index in [4.69, 9.17) is 14.2 Å². The lowest BCUT2D eigenvalue weighted by atomic mass is 10.0. The molecule has 0 atom stereocenters. The fourth-order valence-electron chi connectivity index (χ4n) is 3.63. The number of nitrogens with zero attached hydrogens (tertiary/aromatic N) is 1. The first-order chi connectivity index (χ1) is 15.3. The van der Waals surface area contributed by atoms with Gasteiger partial charge in [-0.25, -0.2) is 0 Å². The number of carbonyl (C=O) groups is 3. The Labute approximate surface area is 187 Å². The number of carbonyl (C=O) groups excluding carboxylic acids is 3. The highest BCUT2D eigenvalue weighted by Crippen LogP contribution is 2.29. The molecule has 8 heteroatoms. The summed E-state index contributed by atoms with van der Waals surface area (Å²) < 4.78 is 16.0. The summed E-state index contributed by atoms with van der Waals surface area (Å²) in [6, 6.07) is 12.3. The normalized spacial score (nSPS) is 13.2. The molecule has 8 nitrogen and oxygen atoms in total. The number of hydrogen-bond donors (Lipinski definition) is 1. The van der Waals surface area contributed by atoms with Crippen molar-refractivity contribution in [2.75, 3.05) is 34.0 Å². The van der Waals surface area contributed by atoms with E-state index >= 15 is 0 Å². The van der Waals surface area contributed by atoms with Gasteiger partial charge < -0.3 is 19.5 Å². The summed E-state index contributed by atoms with van der Waals surface area (Å²) in [5.74, 6) is 0.310. The molecule has 170 valence electrons. The second-order valence-corrected chi connectivity index (χ2v) is 8.09. The van der Waals surface area contributed by atoms with Gasteiger partial charge in [0.25, 0.3) is 11.8 Å². The number of nitrogens with one attached hydrogen (secondary N) is 1. The highest BCUT2D eigenvalue weighted by atomic mass is 16.5. The van der Waals surface area contributed by atoms with Crippen molar-refractivity contribution in [2.24, 2.45) is 0 Å². The fraction of sp³-hybridized carbons (Fsp3) is 0.375. The molecule has 1 N–H and O–H groups in total. The molecule has 1 heterocycles. The van der Waals surface area contributed by atoms with Crippen LogP contribution in [0, 0.1) is 0 Å². The van der Waals surface area contributed by atoms with Crippen LogP contribution in [-0.4, -0.2) is 62.1 Å². The van der Waals surface area contributed by atoms with Crippen LogP contribution < -0.4 is 14.8 Å². The van der Waals surface area contributed by atoms with Gasteiger partial charge in [-0.3, -0.25) is 19.3 Å². The molecule has 2 aromatic carbocycles. The second kappa shape index (κ2) is 9.82. The van der Waals surface area contributed by atoms with Crippen LogP contribution >= 0.6 is 0 Å². The third-order valence-corrected chi connectivity index (χ3v) is 5.27. The SMILES string of the molecule is COc1ccc(CCNC(=O)COCC(C)(C)N2C(=O)c3ccccc3C2=O)cc1OC. The Morgan fingerprint density at radius 3 is 2.19 bits per heavy atom. The first-order valence-corrected chi connectivity index (χ1v) is 10.3. The van der Waals surface area contributed by atoms with E-state index in [2.05, 4.69) is 5.32 Å². The Morgan fingerprint density at radius 1 is 0.969 bits per heavy atom. The molecule has 3 amide bonds. The summed E-state index contributed by atoms with van der Waals surface area (Å²) in [6.07, 6.45) is 0.618. The molecule has 0 aliphatic carbocycles. The molecule has 0 spiro atoms. The Kier molecular flexibility index (Phi) is 7.15. The Morgan fingerprint density at radius 2 is 1.59 bits per heavy atom. The second-order valence-electron chi connectivity index (χ2n) is 8.09. The molecular weight excluding hydrogens is 412 g/mol. The first-order valence-electron chi connectivity index (χ1n) is 10.3. The van der Waals surface area contributed by atoms with Crippen LogP contribution in [0.25, 0.3) is 0 Å². The zero-order valence-electron chi connectivity index (χ0n) is 18.8. The van der Waals surface area contributed by atoms with Crippen molar-refractivity contribution < 1.29 is 28.6 Å². The Hall–Kier alpha value is -3.39. The minimum Gasteiger partial charge on any atom is -0.493 e. The highest BCUT2D eigenvalue weighted by Gasteiger charge is 2.44. The monoisotopic (exact) mass is 440 g/mol. The van der Waals surface area contributed by atoms with Gasteiger partial charge >= 0.3 is 0 Å². The van der Waals surface area contributed by atoms with Crippen LogP contribution in [0.15, 0.2) is 42.5 Å². The van der Waals surface area contributed by atoms with E-state index in [9.17, 15) is 14.4 Å². The molecule has 0 fully saturated rings. The van der Waals surface area contributed by atoms with E-state index in [1.807, 2.05) is 18.2 Å². The number of imide groups is 1. The largest absolute Gasteiger partial charge is 0.493 e. The van der Waals surface area contributed by atoms with Gasteiger partial charge in [-0.2, -0.15) is 0 Å². The average molecular weight is 440 g/mol. The maximum absolute atomic E-state index is 12.7. The standard InChI is InChI=1S/C24H28N2O6/c1-24(2,26-22(28)17-7-5-6-8-18(17)23(26)29)15-32-14-21(27)25-12-11-16-9-10-19(30-3)20(13-16)31-4/h5-10,13H,11-12,14-15H2,1-4H3,(H,25,27). The fourth-order valence-corrected chi connectivity index (χ4v) is 3.63. The van der Waals surface area contributed by atoms with Crippen molar-refractivity contribution >= 4 is 17.7 Å². The molecule has 0 radical (unpaired) electrons. The van der Waals surface area contributed by atoms with Gasteiger partial charge in [0.15, 0.2) is 11.5 Å². The summed E-state index contributed by atoms with van der Waals surface area (Å²) in [7, 11) is 3.15. The van der Waals surface area contributed by atoms with E-state index in [0.717, 1.165) is 5.56 Å². The number of fused-ring (bicyclic) bond motifs is 1. The molecule has 0 saturated heterocycles. The van der Waals surface area contributed by atoms with Crippen LogP contribution in [0.3, 0.4) is 0 Å². The highest BCUT2D eigenvalue weighted by molar-refractivity contribution is 6.21. The lowest BCUT2D eigenvalue weighted by molar-refractivity contribution is -0.126. The predicted molar refractivity (Wildman–Crippen MR) is 118 cm³/mol. The first kappa shape index (κ1) is 23.3. The van der Waals surface area contributed by atoms with Crippen LogP contribution in [-0.2, 0) is 16.0 Å². The quantitative estimate of drug-likeness (QED) is 0.571. The van der Waals surface area contributed by atoms with Gasteiger partial charge in [-0.1, -0.05) is 18.2 Å². The molecule has 1 aliphatic heterocycles. The van der Waals surface area contributed by atoms with Crippen LogP contribution in [0.4, 0.5) is 0 Å². The summed E-state index contributed by atoms with van der Waals surface area (Å²) in [5.41, 5.74) is 0.875. The van der Waals surface area contributed by atoms with Crippen molar-refractivity contribution in [1.29, 1.82) is 0 Å². The lowest BCUT2D eigenvalue weighted by Crippen LogP contribution is -2.51. The molecule has 2 aromatic rings. The summed E-state index contributed by atoms with van der Waals surface area (Å²) in [4.78, 5) is 38.7. The average Bonchev–Trinajstić information content (AvgIpc) is 3.04. The number of benzene rings is 2. The third kappa shape index (κ3) is 4.91. The number of ether oxygens (including phenoxy) is 3. The van der Waals surface area contributed by atoms with Crippen molar-refractivity contribution in [2.45, 2.75) is 25.8 Å². The summed E-state index contributed by atoms with van der Waals surface area (Å²) >= 11 is 0. The predicted octanol–water partition coefficient (Wildman–Crippen LogP) is 2.45. The third-order valence-electron chi connectivity index (χ3n) is 5.27. The molecular formula is C24H28N2O6. The number of methoxy groups -OCH3 is 2. The number of amides is 3. The molecule has 0 aromatic heterocycles. The van der Waals surface area contributed by atoms with E-state index in [0.29, 0.717) is 35.6 Å². The lowest BCUT2D eigenvalue weighted by Gasteiger charge is -2.33. The van der Waals surface area contributed by atoms with Crippen molar-refractivity contribution in [1.82, 2.24) is 10.2 Å². The van der Waals surface area contributed by atoms with Crippen LogP contribution in [0.2, 0.25) is 0 Å². The van der Waals surface area contributed by atoms with E-state index < -0.39 is 5.54 Å². The number of rotatable bonds is 10. The van der Waals surface area contributed by atoms with Gasteiger partial charge in [-0.05, 0) is 50.1 Å². The van der Waals surface area contributed by atoms with Crippen molar-refractivity contribution in [3.8, 4) is 11.5 Å². The molecule has 1 aliphatic rings. The van der Waals surface area contributed by atoms with E-state index in [-0.39, 0.29) is 30.9 Å². The molecule has 0 saturated carbocycles. The van der Waals surface area contributed by atoms with Crippen LogP contribution in [0.5, 0.6) is 11.5 Å². The van der Waals surface area contributed by atoms with Gasteiger partial charge in [0.05, 0.1) is 37.5 Å². The molecule has 0 unspecified atom stereocenters. The van der Waals surface area contributed by atoms with Crippen molar-refractivity contribution in [3.63, 3.8) is 0 Å².